The number of nitrogens with two attached hydrogens (primary N) is 1. The van der Waals surface area contributed by atoms with E-state index >= 15 is 0 Å². The fraction of sp³-hybridized carbons (Fsp3) is 0.625. The molecule has 112 valence electrons. The molecule has 1 aliphatic carbocycles. The molecule has 1 saturated carbocycles. The summed E-state index contributed by atoms with van der Waals surface area (Å²) in [7, 11) is -0.689. The first kappa shape index (κ1) is 15.4. The fourth-order valence-corrected chi connectivity index (χ4v) is 4.45. The largest absolute Gasteiger partial charge is 0.494 e. The summed E-state index contributed by atoms with van der Waals surface area (Å²) in [6.07, 6.45) is 5.65. The quantitative estimate of drug-likeness (QED) is 0.646. The maximum absolute atomic E-state index is 12.2. The summed E-state index contributed by atoms with van der Waals surface area (Å²) >= 11 is 0. The van der Waals surface area contributed by atoms with E-state index in [1.165, 1.54) is 12.8 Å². The van der Waals surface area contributed by atoms with Crippen molar-refractivity contribution in [2.75, 3.05) is 18.1 Å². The minimum Gasteiger partial charge on any atom is -0.494 e. The molecule has 20 heavy (non-hydrogen) atoms. The minimum atomic E-state index is -0.689. The molecule has 1 aliphatic rings. The van der Waals surface area contributed by atoms with Crippen LogP contribution in [0.1, 0.15) is 39.0 Å². The smallest absolute Gasteiger partial charge is 0.119 e. The van der Waals surface area contributed by atoms with Gasteiger partial charge in [-0.15, -0.1) is 0 Å². The second kappa shape index (κ2) is 7.67. The topological polar surface area (TPSA) is 52.3 Å². The van der Waals surface area contributed by atoms with Gasteiger partial charge in [-0.2, -0.15) is 0 Å². The summed E-state index contributed by atoms with van der Waals surface area (Å²) in [5.74, 6) is 2.33. The van der Waals surface area contributed by atoms with E-state index in [0.29, 0.717) is 11.9 Å². The van der Waals surface area contributed by atoms with Crippen molar-refractivity contribution < 1.29 is 8.95 Å². The first-order valence-electron chi connectivity index (χ1n) is 7.50. The van der Waals surface area contributed by atoms with Gasteiger partial charge in [-0.3, -0.25) is 4.21 Å². The molecule has 1 aromatic carbocycles. The van der Waals surface area contributed by atoms with Gasteiger partial charge in [0.05, 0.1) is 6.61 Å². The highest BCUT2D eigenvalue weighted by atomic mass is 32.2. The van der Waals surface area contributed by atoms with Crippen LogP contribution in [0, 0.1) is 5.92 Å². The molecule has 2 rings (SSSR count). The van der Waals surface area contributed by atoms with Crippen LogP contribution in [0.3, 0.4) is 0 Å². The molecule has 3 unspecified atom stereocenters. The molecule has 3 nitrogen and oxygen atoms in total. The van der Waals surface area contributed by atoms with Crippen LogP contribution in [-0.2, 0) is 10.8 Å². The Labute approximate surface area is 124 Å². The van der Waals surface area contributed by atoms with Gasteiger partial charge in [0, 0.05) is 27.5 Å². The lowest BCUT2D eigenvalue weighted by Crippen LogP contribution is -2.25. The number of benzene rings is 1. The maximum atomic E-state index is 12.2. The van der Waals surface area contributed by atoms with Crippen molar-refractivity contribution in [2.45, 2.75) is 44.3 Å². The Morgan fingerprint density at radius 1 is 1.30 bits per heavy atom. The van der Waals surface area contributed by atoms with E-state index in [-0.39, 0.29) is 0 Å². The van der Waals surface area contributed by atoms with Crippen molar-refractivity contribution in [3.8, 4) is 5.75 Å². The number of anilines is 1. The highest BCUT2D eigenvalue weighted by Crippen LogP contribution is 2.27. The second-order valence-electron chi connectivity index (χ2n) is 5.75. The Balaban J connectivity index is 1.65. The SMILES string of the molecule is CC1CCCC(S(=O)CCCOc2ccc(N)cc2)C1. The molecule has 0 bridgehead atoms. The Morgan fingerprint density at radius 2 is 2.05 bits per heavy atom. The van der Waals surface area contributed by atoms with Gasteiger partial charge in [-0.1, -0.05) is 19.8 Å². The monoisotopic (exact) mass is 295 g/mol. The Morgan fingerprint density at radius 3 is 2.75 bits per heavy atom. The second-order valence-corrected chi connectivity index (χ2v) is 7.59. The number of hydrogen-bond acceptors (Lipinski definition) is 3. The molecule has 1 fully saturated rings. The van der Waals surface area contributed by atoms with Crippen molar-refractivity contribution in [1.82, 2.24) is 0 Å². The standard InChI is InChI=1S/C16H25NO2S/c1-13-4-2-5-16(12-13)20(18)11-3-10-19-15-8-6-14(17)7-9-15/h6-9,13,16H,2-5,10-12,17H2,1H3. The molecule has 0 heterocycles. The lowest BCUT2D eigenvalue weighted by Gasteiger charge is -2.26. The predicted molar refractivity (Wildman–Crippen MR) is 85.4 cm³/mol. The zero-order chi connectivity index (χ0) is 14.4. The van der Waals surface area contributed by atoms with E-state index in [2.05, 4.69) is 6.92 Å². The molecule has 0 saturated heterocycles. The summed E-state index contributed by atoms with van der Waals surface area (Å²) in [5.41, 5.74) is 6.36. The average Bonchev–Trinajstić information content (AvgIpc) is 2.45. The Kier molecular flexibility index (Phi) is 5.89. The molecule has 3 atom stereocenters. The molecule has 0 spiro atoms. The molecule has 0 amide bonds. The minimum absolute atomic E-state index is 0.412. The van der Waals surface area contributed by atoms with Crippen molar-refractivity contribution in [3.63, 3.8) is 0 Å². The van der Waals surface area contributed by atoms with Gasteiger partial charge < -0.3 is 10.5 Å². The van der Waals surface area contributed by atoms with Crippen LogP contribution in [0.25, 0.3) is 0 Å². The summed E-state index contributed by atoms with van der Waals surface area (Å²) in [6.45, 7) is 2.89. The highest BCUT2D eigenvalue weighted by Gasteiger charge is 2.23. The summed E-state index contributed by atoms with van der Waals surface area (Å²) in [4.78, 5) is 0. The van der Waals surface area contributed by atoms with Crippen molar-refractivity contribution in [1.29, 1.82) is 0 Å². The lowest BCUT2D eigenvalue weighted by atomic mass is 9.91. The average molecular weight is 295 g/mol. The lowest BCUT2D eigenvalue weighted by molar-refractivity contribution is 0.318. The van der Waals surface area contributed by atoms with Gasteiger partial charge in [-0.25, -0.2) is 0 Å². The first-order chi connectivity index (χ1) is 9.65. The number of nitrogen functional groups attached to an aromatic ring is 1. The molecule has 2 N–H and O–H groups in total. The van der Waals surface area contributed by atoms with Gasteiger partial charge in [0.15, 0.2) is 0 Å². The summed E-state index contributed by atoms with van der Waals surface area (Å²) < 4.78 is 17.9. The molecular weight excluding hydrogens is 270 g/mol. The van der Waals surface area contributed by atoms with Gasteiger partial charge >= 0.3 is 0 Å². The summed E-state index contributed by atoms with van der Waals surface area (Å²) in [5, 5.41) is 0.412. The predicted octanol–water partition coefficient (Wildman–Crippen LogP) is 3.37. The van der Waals surface area contributed by atoms with Crippen LogP contribution in [0.5, 0.6) is 5.75 Å². The third kappa shape index (κ3) is 4.82. The fourth-order valence-electron chi connectivity index (χ4n) is 2.74. The van der Waals surface area contributed by atoms with E-state index in [4.69, 9.17) is 10.5 Å². The van der Waals surface area contributed by atoms with E-state index in [1.54, 1.807) is 0 Å². The highest BCUT2D eigenvalue weighted by molar-refractivity contribution is 7.85. The van der Waals surface area contributed by atoms with E-state index < -0.39 is 10.8 Å². The van der Waals surface area contributed by atoms with Crippen LogP contribution < -0.4 is 10.5 Å². The maximum Gasteiger partial charge on any atom is 0.119 e. The van der Waals surface area contributed by atoms with Crippen molar-refractivity contribution in [3.05, 3.63) is 24.3 Å². The normalized spacial score (nSPS) is 24.2. The number of rotatable bonds is 6. The van der Waals surface area contributed by atoms with Gasteiger partial charge in [-0.05, 0) is 49.4 Å². The van der Waals surface area contributed by atoms with Gasteiger partial charge in [0.1, 0.15) is 5.75 Å². The van der Waals surface area contributed by atoms with Crippen molar-refractivity contribution >= 4 is 16.5 Å². The number of hydrogen-bond donors (Lipinski definition) is 1. The van der Waals surface area contributed by atoms with E-state index in [9.17, 15) is 4.21 Å². The van der Waals surface area contributed by atoms with Crippen LogP contribution >= 0.6 is 0 Å². The Hall–Kier alpha value is -1.03. The molecular formula is C16H25NO2S. The zero-order valence-electron chi connectivity index (χ0n) is 12.2. The third-order valence-corrected chi connectivity index (χ3v) is 5.76. The van der Waals surface area contributed by atoms with Crippen LogP contribution in [-0.4, -0.2) is 21.8 Å². The Bertz CT molecular complexity index is 433. The van der Waals surface area contributed by atoms with Crippen LogP contribution in [0.4, 0.5) is 5.69 Å². The van der Waals surface area contributed by atoms with Gasteiger partial charge in [0.2, 0.25) is 0 Å². The van der Waals surface area contributed by atoms with Crippen molar-refractivity contribution in [2.24, 2.45) is 5.92 Å². The van der Waals surface area contributed by atoms with E-state index in [1.807, 2.05) is 24.3 Å². The summed E-state index contributed by atoms with van der Waals surface area (Å²) in [6, 6.07) is 7.40. The van der Waals surface area contributed by atoms with Gasteiger partial charge in [0.25, 0.3) is 0 Å². The molecule has 0 radical (unpaired) electrons. The molecule has 0 aromatic heterocycles. The van der Waals surface area contributed by atoms with E-state index in [0.717, 1.165) is 42.4 Å². The first-order valence-corrected chi connectivity index (χ1v) is 8.89. The molecule has 0 aliphatic heterocycles. The third-order valence-electron chi connectivity index (χ3n) is 3.90. The zero-order valence-corrected chi connectivity index (χ0v) is 13.0. The molecule has 4 heteroatoms. The number of ether oxygens (including phenoxy) is 1. The van der Waals surface area contributed by atoms with Crippen LogP contribution in [0.2, 0.25) is 0 Å². The van der Waals surface area contributed by atoms with Crippen LogP contribution in [0.15, 0.2) is 24.3 Å². The molecule has 1 aromatic rings.